The van der Waals surface area contributed by atoms with E-state index in [1.807, 2.05) is 6.07 Å². The summed E-state index contributed by atoms with van der Waals surface area (Å²) in [7, 11) is 4.28. The first-order valence-corrected chi connectivity index (χ1v) is 12.4. The molecule has 1 saturated heterocycles. The molecule has 1 aliphatic carbocycles. The number of nitrogens with zero attached hydrogens (tertiary/aromatic N) is 6. The topological polar surface area (TPSA) is 71.3 Å². The van der Waals surface area contributed by atoms with Gasteiger partial charge in [-0.25, -0.2) is 13.8 Å². The largest absolute Gasteiger partial charge is 0.378 e. The molecule has 0 radical (unpaired) electrons. The van der Waals surface area contributed by atoms with Crippen LogP contribution in [0.3, 0.4) is 0 Å². The summed E-state index contributed by atoms with van der Waals surface area (Å²) in [6, 6.07) is 9.57. The maximum Gasteiger partial charge on any atom is 0.296 e. The second-order valence-corrected chi connectivity index (χ2v) is 9.62. The zero-order valence-electron chi connectivity index (χ0n) is 20.3. The Morgan fingerprint density at radius 2 is 1.74 bits per heavy atom. The quantitative estimate of drug-likeness (QED) is 0.540. The molecule has 2 aliphatic rings. The van der Waals surface area contributed by atoms with Crippen molar-refractivity contribution in [1.29, 1.82) is 0 Å². The van der Waals surface area contributed by atoms with Gasteiger partial charge in [0.05, 0.1) is 24.2 Å². The molecule has 0 unspecified atom stereocenters. The molecule has 3 heterocycles. The van der Waals surface area contributed by atoms with Gasteiger partial charge in [0, 0.05) is 31.7 Å². The van der Waals surface area contributed by atoms with E-state index in [1.54, 1.807) is 24.3 Å². The number of fused-ring (bicyclic) bond motifs is 1. The van der Waals surface area contributed by atoms with Crippen molar-refractivity contribution in [3.63, 3.8) is 0 Å². The summed E-state index contributed by atoms with van der Waals surface area (Å²) in [5, 5.41) is 3.42. The van der Waals surface area contributed by atoms with Crippen LogP contribution in [0, 0.1) is 5.92 Å². The molecule has 0 bridgehead atoms. The van der Waals surface area contributed by atoms with Crippen LogP contribution in [-0.2, 0) is 4.74 Å². The van der Waals surface area contributed by atoms with Gasteiger partial charge in [-0.15, -0.1) is 0 Å². The molecule has 8 nitrogen and oxygen atoms in total. The number of hydrogen-bond donors (Lipinski definition) is 1. The molecule has 1 saturated carbocycles. The molecular formula is C25H33F2N7O. The minimum absolute atomic E-state index is 0.314. The highest BCUT2D eigenvalue weighted by Crippen LogP contribution is 2.30. The number of para-hydroxylation sites is 2. The van der Waals surface area contributed by atoms with Gasteiger partial charge in [0.15, 0.2) is 5.82 Å². The van der Waals surface area contributed by atoms with Crippen molar-refractivity contribution in [2.45, 2.75) is 38.2 Å². The molecule has 5 rings (SSSR count). The summed E-state index contributed by atoms with van der Waals surface area (Å²) in [5.74, 6) is 1.78. The van der Waals surface area contributed by atoms with Crippen LogP contribution in [0.2, 0.25) is 0 Å². The Kier molecular flexibility index (Phi) is 7.10. The Morgan fingerprint density at radius 3 is 2.46 bits per heavy atom. The minimum atomic E-state index is -2.73. The van der Waals surface area contributed by atoms with E-state index in [4.69, 9.17) is 14.7 Å². The minimum Gasteiger partial charge on any atom is -0.378 e. The number of alkyl halides is 2. The van der Waals surface area contributed by atoms with Gasteiger partial charge in [0.25, 0.3) is 6.43 Å². The van der Waals surface area contributed by atoms with Crippen molar-refractivity contribution in [3.05, 3.63) is 36.2 Å². The van der Waals surface area contributed by atoms with Crippen molar-refractivity contribution < 1.29 is 13.5 Å². The first-order valence-electron chi connectivity index (χ1n) is 12.4. The number of nitrogens with one attached hydrogen (secondary N) is 1. The molecule has 188 valence electrons. The summed E-state index contributed by atoms with van der Waals surface area (Å²) in [4.78, 5) is 18.1. The second kappa shape index (κ2) is 10.4. The van der Waals surface area contributed by atoms with Crippen LogP contribution in [-0.4, -0.2) is 77.4 Å². The van der Waals surface area contributed by atoms with Crippen LogP contribution in [0.25, 0.3) is 16.9 Å². The molecule has 3 aromatic rings. The third kappa shape index (κ3) is 5.23. The summed E-state index contributed by atoms with van der Waals surface area (Å²) in [6.45, 7) is 3.35. The van der Waals surface area contributed by atoms with Crippen LogP contribution in [0.5, 0.6) is 0 Å². The normalized spacial score (nSPS) is 21.3. The fourth-order valence-corrected chi connectivity index (χ4v) is 5.10. The fourth-order valence-electron chi connectivity index (χ4n) is 5.10. The number of ether oxygens (including phenoxy) is 1. The van der Waals surface area contributed by atoms with Crippen molar-refractivity contribution in [2.24, 2.45) is 5.92 Å². The van der Waals surface area contributed by atoms with Gasteiger partial charge in [-0.2, -0.15) is 9.97 Å². The average Bonchev–Trinajstić information content (AvgIpc) is 3.28. The summed E-state index contributed by atoms with van der Waals surface area (Å²) < 4.78 is 35.0. The number of hydrogen-bond acceptors (Lipinski definition) is 7. The maximum absolute atomic E-state index is 14.0. The first kappa shape index (κ1) is 23.9. The Hall–Kier alpha value is -2.85. The van der Waals surface area contributed by atoms with Gasteiger partial charge >= 0.3 is 0 Å². The smallest absolute Gasteiger partial charge is 0.296 e. The van der Waals surface area contributed by atoms with Crippen LogP contribution in [0.15, 0.2) is 30.3 Å². The van der Waals surface area contributed by atoms with Crippen molar-refractivity contribution >= 4 is 22.8 Å². The van der Waals surface area contributed by atoms with E-state index in [-0.39, 0.29) is 5.82 Å². The van der Waals surface area contributed by atoms with E-state index in [2.05, 4.69) is 34.2 Å². The Morgan fingerprint density at radius 1 is 1.03 bits per heavy atom. The van der Waals surface area contributed by atoms with Crippen molar-refractivity contribution in [3.8, 4) is 5.82 Å². The van der Waals surface area contributed by atoms with Crippen molar-refractivity contribution in [2.75, 3.05) is 57.2 Å². The van der Waals surface area contributed by atoms with Crippen LogP contribution >= 0.6 is 0 Å². The molecule has 0 spiro atoms. The van der Waals surface area contributed by atoms with Gasteiger partial charge < -0.3 is 19.9 Å². The molecule has 10 heteroatoms. The first-order chi connectivity index (χ1) is 17.0. The molecule has 1 N–H and O–H groups in total. The van der Waals surface area contributed by atoms with E-state index >= 15 is 0 Å². The van der Waals surface area contributed by atoms with Crippen LogP contribution < -0.4 is 10.2 Å². The molecule has 0 amide bonds. The zero-order chi connectivity index (χ0) is 24.4. The van der Waals surface area contributed by atoms with Gasteiger partial charge in [-0.3, -0.25) is 4.57 Å². The number of halogens is 2. The standard InChI is InChI=1S/C25H33F2N7O/c1-32(2)18-9-7-17(8-10-18)16-28-25-30-21(33-11-13-35-14-12-33)15-22(31-25)34-20-6-4-3-5-19(20)29-24(34)23(26)27/h3-6,15,17-18,23H,7-14,16H2,1-2H3,(H,28,30,31)/t17-,18-. The molecule has 0 atom stereocenters. The van der Waals surface area contributed by atoms with Gasteiger partial charge in [-0.1, -0.05) is 12.1 Å². The van der Waals surface area contributed by atoms with Gasteiger partial charge in [-0.05, 0) is 57.8 Å². The van der Waals surface area contributed by atoms with Gasteiger partial charge in [0.2, 0.25) is 5.95 Å². The highest BCUT2D eigenvalue weighted by atomic mass is 19.3. The molecule has 1 aromatic carbocycles. The number of imidazole rings is 1. The lowest BCUT2D eigenvalue weighted by Gasteiger charge is -2.32. The lowest BCUT2D eigenvalue weighted by molar-refractivity contribution is 0.122. The fraction of sp³-hybridized carbons (Fsp3) is 0.560. The number of morpholine rings is 1. The van der Waals surface area contributed by atoms with Crippen LogP contribution in [0.1, 0.15) is 37.9 Å². The molecule has 2 aromatic heterocycles. The number of rotatable bonds is 7. The number of aromatic nitrogens is 4. The molecule has 35 heavy (non-hydrogen) atoms. The third-order valence-corrected chi connectivity index (χ3v) is 7.14. The highest BCUT2D eigenvalue weighted by Gasteiger charge is 2.25. The van der Waals surface area contributed by atoms with E-state index in [1.165, 1.54) is 17.4 Å². The Bertz CT molecular complexity index is 1140. The average molecular weight is 486 g/mol. The summed E-state index contributed by atoms with van der Waals surface area (Å²) >= 11 is 0. The predicted octanol–water partition coefficient (Wildman–Crippen LogP) is 4.12. The van der Waals surface area contributed by atoms with E-state index in [0.29, 0.717) is 66.9 Å². The highest BCUT2D eigenvalue weighted by molar-refractivity contribution is 5.78. The van der Waals surface area contributed by atoms with Crippen molar-refractivity contribution in [1.82, 2.24) is 24.4 Å². The lowest BCUT2D eigenvalue weighted by Crippen LogP contribution is -2.37. The Balaban J connectivity index is 1.46. The van der Waals surface area contributed by atoms with E-state index in [0.717, 1.165) is 19.4 Å². The van der Waals surface area contributed by atoms with Gasteiger partial charge in [0.1, 0.15) is 11.6 Å². The predicted molar refractivity (Wildman–Crippen MR) is 133 cm³/mol. The van der Waals surface area contributed by atoms with E-state index < -0.39 is 6.43 Å². The third-order valence-electron chi connectivity index (χ3n) is 7.14. The maximum atomic E-state index is 14.0. The molecular weight excluding hydrogens is 452 g/mol. The number of anilines is 2. The molecule has 1 aliphatic heterocycles. The Labute approximate surface area is 204 Å². The summed E-state index contributed by atoms with van der Waals surface area (Å²) in [5.41, 5.74) is 1.11. The summed E-state index contributed by atoms with van der Waals surface area (Å²) in [6.07, 6.45) is 1.92. The molecule has 2 fully saturated rings. The van der Waals surface area contributed by atoms with E-state index in [9.17, 15) is 8.78 Å². The van der Waals surface area contributed by atoms with Crippen LogP contribution in [0.4, 0.5) is 20.5 Å². The second-order valence-electron chi connectivity index (χ2n) is 9.62. The SMILES string of the molecule is CN(C)[C@H]1CC[C@H](CNc2nc(N3CCOCC3)cc(-n3c(C(F)F)nc4ccccc43)n2)CC1. The zero-order valence-corrected chi connectivity index (χ0v) is 20.3. The lowest BCUT2D eigenvalue weighted by atomic mass is 9.85. The number of benzene rings is 1. The monoisotopic (exact) mass is 485 g/mol.